The fourth-order valence-electron chi connectivity index (χ4n) is 2.24. The molecule has 3 heterocycles. The largest absolute Gasteiger partial charge is 0.394 e. The van der Waals surface area contributed by atoms with Crippen molar-refractivity contribution in [2.75, 3.05) is 19.0 Å². The third-order valence-corrected chi connectivity index (χ3v) is 3.30. The van der Waals surface area contributed by atoms with Gasteiger partial charge in [0.15, 0.2) is 23.2 Å². The van der Waals surface area contributed by atoms with Crippen molar-refractivity contribution in [3.63, 3.8) is 0 Å². The highest BCUT2D eigenvalue weighted by Gasteiger charge is 2.44. The van der Waals surface area contributed by atoms with Crippen LogP contribution >= 0.6 is 0 Å². The van der Waals surface area contributed by atoms with E-state index in [0.717, 1.165) is 0 Å². The van der Waals surface area contributed by atoms with Crippen molar-refractivity contribution in [3.05, 3.63) is 6.33 Å². The average Bonchev–Trinajstić information content (AvgIpc) is 3.01. The molecule has 4 atom stereocenters. The molecule has 4 N–H and O–H groups in total. The summed E-state index contributed by atoms with van der Waals surface area (Å²) in [5, 5.41) is 43.0. The number of nitrogens with zero attached hydrogens (tertiary/aromatic N) is 5. The highest BCUT2D eigenvalue weighted by Crippen LogP contribution is 2.31. The topological polar surface area (TPSA) is 138 Å². The molecule has 1 aliphatic heterocycles. The highest BCUT2D eigenvalue weighted by molar-refractivity contribution is 5.81. The molecule has 0 aromatic carbocycles. The van der Waals surface area contributed by atoms with Gasteiger partial charge in [0.25, 0.3) is 0 Å². The van der Waals surface area contributed by atoms with Gasteiger partial charge in [-0.3, -0.25) is 4.57 Å². The van der Waals surface area contributed by atoms with Crippen LogP contribution in [-0.4, -0.2) is 72.2 Å². The minimum Gasteiger partial charge on any atom is -0.394 e. The molecule has 0 bridgehead atoms. The van der Waals surface area contributed by atoms with E-state index >= 15 is 0 Å². The number of hydrogen-bond donors (Lipinski definition) is 4. The summed E-state index contributed by atoms with van der Waals surface area (Å²) in [5.74, 6) is 0.445. The van der Waals surface area contributed by atoms with Crippen LogP contribution in [0.4, 0.5) is 5.82 Å². The Kier molecular flexibility index (Phi) is 3.22. The van der Waals surface area contributed by atoms with Gasteiger partial charge in [-0.15, -0.1) is 10.2 Å². The molecule has 10 nitrogen and oxygen atoms in total. The van der Waals surface area contributed by atoms with Crippen LogP contribution in [0.3, 0.4) is 0 Å². The van der Waals surface area contributed by atoms with E-state index in [4.69, 9.17) is 9.84 Å². The summed E-state index contributed by atoms with van der Waals surface area (Å²) in [4.78, 5) is 4.14. The summed E-state index contributed by atoms with van der Waals surface area (Å²) in [6, 6.07) is 0. The standard InChI is InChI=1S/C10H14N6O4/c1-11-8-5-9(14-15-13-8)16(3-12-5)10-7(19)6(18)4(2-17)20-10/h3-4,6-7,10,17-19H,2H2,1H3,(H,11,13,14)/t4?,6?,7-,10?/m1/s1. The number of rotatable bonds is 3. The molecule has 0 spiro atoms. The fourth-order valence-corrected chi connectivity index (χ4v) is 2.24. The molecule has 1 aliphatic rings. The minimum absolute atomic E-state index is 0.360. The molecule has 3 unspecified atom stereocenters. The zero-order chi connectivity index (χ0) is 14.3. The minimum atomic E-state index is -1.20. The van der Waals surface area contributed by atoms with Crippen molar-refractivity contribution in [1.29, 1.82) is 0 Å². The first kappa shape index (κ1) is 13.1. The van der Waals surface area contributed by atoms with Gasteiger partial charge in [0.2, 0.25) is 0 Å². The van der Waals surface area contributed by atoms with E-state index in [9.17, 15) is 10.2 Å². The van der Waals surface area contributed by atoms with Crippen LogP contribution in [0.5, 0.6) is 0 Å². The lowest BCUT2D eigenvalue weighted by Gasteiger charge is -2.16. The van der Waals surface area contributed by atoms with E-state index in [1.54, 1.807) is 7.05 Å². The monoisotopic (exact) mass is 282 g/mol. The summed E-state index contributed by atoms with van der Waals surface area (Å²) in [5.41, 5.74) is 0.833. The zero-order valence-corrected chi connectivity index (χ0v) is 10.6. The maximum Gasteiger partial charge on any atom is 0.190 e. The molecular weight excluding hydrogens is 268 g/mol. The summed E-state index contributed by atoms with van der Waals surface area (Å²) < 4.78 is 6.88. The van der Waals surface area contributed by atoms with E-state index in [2.05, 4.69) is 25.7 Å². The van der Waals surface area contributed by atoms with Crippen LogP contribution in [0.25, 0.3) is 11.2 Å². The number of hydrogen-bond acceptors (Lipinski definition) is 9. The van der Waals surface area contributed by atoms with Crippen molar-refractivity contribution in [3.8, 4) is 0 Å². The molecule has 1 fully saturated rings. The predicted octanol–water partition coefficient (Wildman–Crippen LogP) is -2.13. The number of aromatic nitrogens is 5. The van der Waals surface area contributed by atoms with Crippen molar-refractivity contribution >= 4 is 17.0 Å². The summed E-state index contributed by atoms with van der Waals surface area (Å²) in [7, 11) is 1.68. The molecule has 0 radical (unpaired) electrons. The molecule has 20 heavy (non-hydrogen) atoms. The van der Waals surface area contributed by atoms with Crippen molar-refractivity contribution in [2.45, 2.75) is 24.5 Å². The van der Waals surface area contributed by atoms with Gasteiger partial charge in [-0.2, -0.15) is 0 Å². The predicted molar refractivity (Wildman–Crippen MR) is 65.7 cm³/mol. The van der Waals surface area contributed by atoms with E-state index in [0.29, 0.717) is 17.0 Å². The van der Waals surface area contributed by atoms with Gasteiger partial charge >= 0.3 is 0 Å². The lowest BCUT2D eigenvalue weighted by molar-refractivity contribution is -0.0511. The van der Waals surface area contributed by atoms with Crippen LogP contribution in [0.2, 0.25) is 0 Å². The van der Waals surface area contributed by atoms with E-state index in [1.807, 2.05) is 0 Å². The normalized spacial score (nSPS) is 30.0. The van der Waals surface area contributed by atoms with E-state index in [-0.39, 0.29) is 0 Å². The number of nitrogens with one attached hydrogen (secondary N) is 1. The summed E-state index contributed by atoms with van der Waals surface area (Å²) >= 11 is 0. The number of ether oxygens (including phenoxy) is 1. The first-order valence-corrected chi connectivity index (χ1v) is 6.03. The zero-order valence-electron chi connectivity index (χ0n) is 10.6. The third-order valence-electron chi connectivity index (χ3n) is 3.30. The molecule has 3 rings (SSSR count). The first-order chi connectivity index (χ1) is 9.67. The Balaban J connectivity index is 2.03. The number of anilines is 1. The van der Waals surface area contributed by atoms with Gasteiger partial charge in [0.05, 0.1) is 12.9 Å². The highest BCUT2D eigenvalue weighted by atomic mass is 16.6. The summed E-state index contributed by atoms with van der Waals surface area (Å²) in [6.45, 7) is -0.393. The van der Waals surface area contributed by atoms with Gasteiger partial charge in [-0.25, -0.2) is 4.98 Å². The molecule has 108 valence electrons. The Hall–Kier alpha value is -1.88. The number of aliphatic hydroxyl groups is 3. The van der Waals surface area contributed by atoms with Crippen LogP contribution in [0.1, 0.15) is 6.23 Å². The second-order valence-corrected chi connectivity index (χ2v) is 4.44. The average molecular weight is 282 g/mol. The van der Waals surface area contributed by atoms with Gasteiger partial charge < -0.3 is 25.4 Å². The van der Waals surface area contributed by atoms with Crippen LogP contribution in [0, 0.1) is 0 Å². The molecule has 0 aliphatic carbocycles. The number of fused-ring (bicyclic) bond motifs is 1. The lowest BCUT2D eigenvalue weighted by atomic mass is 10.1. The fraction of sp³-hybridized carbons (Fsp3) is 0.600. The second-order valence-electron chi connectivity index (χ2n) is 4.44. The number of aliphatic hydroxyl groups excluding tert-OH is 3. The van der Waals surface area contributed by atoms with Gasteiger partial charge in [0, 0.05) is 7.05 Å². The van der Waals surface area contributed by atoms with Crippen LogP contribution in [0.15, 0.2) is 6.33 Å². The number of imidazole rings is 1. The van der Waals surface area contributed by atoms with Crippen molar-refractivity contribution in [2.24, 2.45) is 0 Å². The van der Waals surface area contributed by atoms with Crippen LogP contribution in [-0.2, 0) is 4.74 Å². The Bertz CT molecular complexity index is 619. The van der Waals surface area contributed by atoms with Crippen molar-refractivity contribution in [1.82, 2.24) is 25.0 Å². The third kappa shape index (κ3) is 1.81. The summed E-state index contributed by atoms with van der Waals surface area (Å²) in [6.07, 6.45) is -2.71. The SMILES string of the molecule is CNc1nnnc2c1ncn2C1OC(CO)C(O)[C@H]1O. The molecular formula is C10H14N6O4. The Labute approximate surface area is 113 Å². The lowest BCUT2D eigenvalue weighted by Crippen LogP contribution is -2.33. The molecule has 1 saturated heterocycles. The second kappa shape index (κ2) is 4.90. The maximum atomic E-state index is 10.0. The maximum absolute atomic E-state index is 10.0. The Morgan fingerprint density at radius 2 is 2.15 bits per heavy atom. The Morgan fingerprint density at radius 3 is 2.80 bits per heavy atom. The van der Waals surface area contributed by atoms with Gasteiger partial charge in [-0.05, 0) is 5.21 Å². The first-order valence-electron chi connectivity index (χ1n) is 6.03. The van der Waals surface area contributed by atoms with Gasteiger partial charge in [-0.1, -0.05) is 0 Å². The van der Waals surface area contributed by atoms with Crippen molar-refractivity contribution < 1.29 is 20.1 Å². The quantitative estimate of drug-likeness (QED) is 0.497. The van der Waals surface area contributed by atoms with E-state index in [1.165, 1.54) is 10.9 Å². The molecule has 0 saturated carbocycles. The smallest absolute Gasteiger partial charge is 0.190 e. The van der Waals surface area contributed by atoms with Gasteiger partial charge in [0.1, 0.15) is 18.3 Å². The van der Waals surface area contributed by atoms with E-state index < -0.39 is 31.1 Å². The Morgan fingerprint density at radius 1 is 1.35 bits per heavy atom. The molecule has 0 amide bonds. The molecule has 2 aromatic heterocycles. The molecule has 10 heteroatoms. The molecule has 2 aromatic rings. The van der Waals surface area contributed by atoms with Crippen LogP contribution < -0.4 is 5.32 Å².